The molecule has 0 atom stereocenters. The number of halogens is 2. The summed E-state index contributed by atoms with van der Waals surface area (Å²) in [6.45, 7) is 4.96. The second kappa shape index (κ2) is 14.7. The fourth-order valence-electron chi connectivity index (χ4n) is 5.89. The molecule has 4 heteroatoms. The summed E-state index contributed by atoms with van der Waals surface area (Å²) in [7, 11) is 0. The minimum absolute atomic E-state index is 0.0458. The highest BCUT2D eigenvalue weighted by atomic mass is 19.2. The van der Waals surface area contributed by atoms with Crippen LogP contribution >= 0.6 is 0 Å². The average Bonchev–Trinajstić information content (AvgIpc) is 2.86. The van der Waals surface area contributed by atoms with E-state index < -0.39 is 11.6 Å². The van der Waals surface area contributed by atoms with Gasteiger partial charge in [0.2, 0.25) is 11.6 Å². The first-order chi connectivity index (χ1) is 16.6. The van der Waals surface area contributed by atoms with Gasteiger partial charge in [0.15, 0.2) is 11.5 Å². The van der Waals surface area contributed by atoms with Crippen LogP contribution in [0.15, 0.2) is 24.3 Å². The van der Waals surface area contributed by atoms with Crippen LogP contribution in [-0.4, -0.2) is 13.2 Å². The van der Waals surface area contributed by atoms with E-state index in [0.717, 1.165) is 30.6 Å². The number of hydrogen-bond donors (Lipinski definition) is 0. The predicted octanol–water partition coefficient (Wildman–Crippen LogP) is 9.27. The van der Waals surface area contributed by atoms with E-state index in [1.165, 1.54) is 89.2 Å². The lowest BCUT2D eigenvalue weighted by atomic mass is 9.68. The van der Waals surface area contributed by atoms with E-state index in [-0.39, 0.29) is 18.1 Å². The fraction of sp³-hybridized carbons (Fsp3) is 0.733. The van der Waals surface area contributed by atoms with Crippen LogP contribution < -0.4 is 9.47 Å². The van der Waals surface area contributed by atoms with Gasteiger partial charge in [0.05, 0.1) is 6.61 Å². The molecular formula is C30H46F2O2. The Hall–Kier alpha value is -1.58. The molecule has 0 bridgehead atoms. The van der Waals surface area contributed by atoms with Gasteiger partial charge in [0.1, 0.15) is 6.61 Å². The Morgan fingerprint density at radius 2 is 1.35 bits per heavy atom. The summed E-state index contributed by atoms with van der Waals surface area (Å²) in [5.41, 5.74) is 0. The molecule has 34 heavy (non-hydrogen) atoms. The summed E-state index contributed by atoms with van der Waals surface area (Å²) >= 11 is 0. The summed E-state index contributed by atoms with van der Waals surface area (Å²) in [4.78, 5) is 0. The van der Waals surface area contributed by atoms with Crippen molar-refractivity contribution in [2.45, 2.75) is 104 Å². The summed E-state index contributed by atoms with van der Waals surface area (Å²) < 4.78 is 39.2. The van der Waals surface area contributed by atoms with Crippen LogP contribution in [0.5, 0.6) is 11.5 Å². The van der Waals surface area contributed by atoms with Crippen LogP contribution in [0.1, 0.15) is 104 Å². The molecule has 2 nitrogen and oxygen atoms in total. The van der Waals surface area contributed by atoms with Gasteiger partial charge in [-0.15, -0.1) is 0 Å². The Balaban J connectivity index is 1.34. The second-order valence-corrected chi connectivity index (χ2v) is 10.6. The van der Waals surface area contributed by atoms with E-state index in [1.54, 1.807) is 0 Å². The highest BCUT2D eigenvalue weighted by molar-refractivity contribution is 5.35. The summed E-state index contributed by atoms with van der Waals surface area (Å²) in [6.07, 6.45) is 22.5. The van der Waals surface area contributed by atoms with Crippen LogP contribution in [0.25, 0.3) is 0 Å². The number of allylic oxidation sites excluding steroid dienone is 1. The molecular weight excluding hydrogens is 430 g/mol. The number of unbranched alkanes of at least 4 members (excludes halogenated alkanes) is 3. The zero-order valence-electron chi connectivity index (χ0n) is 21.5. The van der Waals surface area contributed by atoms with Crippen molar-refractivity contribution in [3.8, 4) is 11.5 Å². The van der Waals surface area contributed by atoms with Gasteiger partial charge in [0, 0.05) is 0 Å². The van der Waals surface area contributed by atoms with Gasteiger partial charge in [-0.3, -0.25) is 0 Å². The molecule has 1 aromatic carbocycles. The Morgan fingerprint density at radius 3 is 1.97 bits per heavy atom. The van der Waals surface area contributed by atoms with Gasteiger partial charge in [-0.25, -0.2) is 0 Å². The molecule has 0 radical (unpaired) electrons. The predicted molar refractivity (Wildman–Crippen MR) is 136 cm³/mol. The quantitative estimate of drug-likeness (QED) is 0.209. The third-order valence-corrected chi connectivity index (χ3v) is 8.10. The molecule has 0 aromatic heterocycles. The standard InChI is InChI=1S/C30H46F2O2/c1-3-5-7-9-23-11-15-25(16-12-23)26-17-13-24(14-18-26)10-8-22-34-28-20-19-27(29(31)30(28)32)33-21-6-4-2/h8,10,19-20,23-26H,3-7,9,11-18,21-22H2,1-2H3/b10-8+/t23-,24?,25-,26?. The molecule has 2 fully saturated rings. The van der Waals surface area contributed by atoms with Crippen molar-refractivity contribution in [1.82, 2.24) is 0 Å². The molecule has 1 aromatic rings. The summed E-state index contributed by atoms with van der Waals surface area (Å²) in [5.74, 6) is 1.39. The van der Waals surface area contributed by atoms with Gasteiger partial charge >= 0.3 is 0 Å². The first kappa shape index (κ1) is 27.0. The van der Waals surface area contributed by atoms with Crippen LogP contribution in [0.2, 0.25) is 0 Å². The van der Waals surface area contributed by atoms with Gasteiger partial charge in [-0.05, 0) is 80.8 Å². The Bertz CT molecular complexity index is 732. The first-order valence-electron chi connectivity index (χ1n) is 14.0. The number of ether oxygens (including phenoxy) is 2. The van der Waals surface area contributed by atoms with Crippen molar-refractivity contribution in [3.05, 3.63) is 35.9 Å². The van der Waals surface area contributed by atoms with E-state index in [0.29, 0.717) is 12.5 Å². The van der Waals surface area contributed by atoms with Crippen molar-refractivity contribution in [3.63, 3.8) is 0 Å². The third kappa shape index (κ3) is 8.27. The highest BCUT2D eigenvalue weighted by Gasteiger charge is 2.30. The molecule has 2 aliphatic carbocycles. The molecule has 0 spiro atoms. The molecule has 0 N–H and O–H groups in total. The second-order valence-electron chi connectivity index (χ2n) is 10.6. The number of rotatable bonds is 13. The number of hydrogen-bond acceptors (Lipinski definition) is 2. The maximum absolute atomic E-state index is 14.3. The highest BCUT2D eigenvalue weighted by Crippen LogP contribution is 2.42. The van der Waals surface area contributed by atoms with Crippen molar-refractivity contribution < 1.29 is 18.3 Å². The molecule has 0 aliphatic heterocycles. The minimum atomic E-state index is -0.969. The molecule has 0 saturated heterocycles. The van der Waals surface area contributed by atoms with E-state index in [4.69, 9.17) is 9.47 Å². The zero-order chi connectivity index (χ0) is 24.2. The van der Waals surface area contributed by atoms with Crippen LogP contribution in [-0.2, 0) is 0 Å². The lowest BCUT2D eigenvalue weighted by Crippen LogP contribution is -2.25. The summed E-state index contributed by atoms with van der Waals surface area (Å²) in [5, 5.41) is 0. The van der Waals surface area contributed by atoms with E-state index >= 15 is 0 Å². The van der Waals surface area contributed by atoms with Crippen LogP contribution in [0.4, 0.5) is 8.78 Å². The largest absolute Gasteiger partial charge is 0.490 e. The van der Waals surface area contributed by atoms with Crippen LogP contribution in [0, 0.1) is 35.3 Å². The summed E-state index contributed by atoms with van der Waals surface area (Å²) in [6, 6.07) is 2.91. The lowest BCUT2D eigenvalue weighted by Gasteiger charge is -2.37. The lowest BCUT2D eigenvalue weighted by molar-refractivity contribution is 0.151. The maximum atomic E-state index is 14.3. The molecule has 2 aliphatic rings. The SMILES string of the molecule is CCCCC[C@H]1CC[C@H](C2CCC(/C=C/COc3ccc(OCCCC)c(F)c3F)CC2)CC1. The normalized spacial score (nSPS) is 25.5. The van der Waals surface area contributed by atoms with Crippen molar-refractivity contribution in [1.29, 1.82) is 0 Å². The van der Waals surface area contributed by atoms with Gasteiger partial charge in [-0.1, -0.05) is 70.9 Å². The third-order valence-electron chi connectivity index (χ3n) is 8.10. The van der Waals surface area contributed by atoms with Gasteiger partial charge < -0.3 is 9.47 Å². The van der Waals surface area contributed by atoms with E-state index in [9.17, 15) is 8.78 Å². The smallest absolute Gasteiger partial charge is 0.204 e. The van der Waals surface area contributed by atoms with E-state index in [1.807, 2.05) is 13.0 Å². The van der Waals surface area contributed by atoms with Crippen molar-refractivity contribution >= 4 is 0 Å². The van der Waals surface area contributed by atoms with Gasteiger partial charge in [-0.2, -0.15) is 8.78 Å². The fourth-order valence-corrected chi connectivity index (χ4v) is 5.89. The van der Waals surface area contributed by atoms with Gasteiger partial charge in [0.25, 0.3) is 0 Å². The zero-order valence-corrected chi connectivity index (χ0v) is 21.5. The monoisotopic (exact) mass is 476 g/mol. The molecule has 0 heterocycles. The molecule has 3 rings (SSSR count). The van der Waals surface area contributed by atoms with Crippen molar-refractivity contribution in [2.75, 3.05) is 13.2 Å². The molecule has 2 saturated carbocycles. The van der Waals surface area contributed by atoms with Crippen molar-refractivity contribution in [2.24, 2.45) is 23.7 Å². The molecule has 192 valence electrons. The molecule has 0 unspecified atom stereocenters. The number of benzene rings is 1. The Kier molecular flexibility index (Phi) is 11.7. The Morgan fingerprint density at radius 1 is 0.765 bits per heavy atom. The molecule has 0 amide bonds. The average molecular weight is 477 g/mol. The van der Waals surface area contributed by atoms with E-state index in [2.05, 4.69) is 13.0 Å². The minimum Gasteiger partial charge on any atom is -0.490 e. The maximum Gasteiger partial charge on any atom is 0.204 e. The Labute approximate surface area is 206 Å². The topological polar surface area (TPSA) is 18.5 Å². The van der Waals surface area contributed by atoms with Crippen LogP contribution in [0.3, 0.4) is 0 Å². The first-order valence-corrected chi connectivity index (χ1v) is 14.0.